The molecule has 4 rings (SSSR count). The van der Waals surface area contributed by atoms with Gasteiger partial charge in [-0.2, -0.15) is 0 Å². The number of ketones is 1. The summed E-state index contributed by atoms with van der Waals surface area (Å²) in [5, 5.41) is 2.91. The number of aromatic nitrogens is 2. The fourth-order valence-corrected chi connectivity index (χ4v) is 5.15. The van der Waals surface area contributed by atoms with Crippen LogP contribution in [0.3, 0.4) is 0 Å². The summed E-state index contributed by atoms with van der Waals surface area (Å²) in [7, 11) is 9.13. The van der Waals surface area contributed by atoms with Crippen LogP contribution < -0.4 is 30.3 Å². The number of nitrogens with zero attached hydrogens (tertiary/aromatic N) is 5. The first-order valence-electron chi connectivity index (χ1n) is 14.7. The van der Waals surface area contributed by atoms with Crippen LogP contribution in [0.4, 0.5) is 17.1 Å². The second kappa shape index (κ2) is 14.8. The van der Waals surface area contributed by atoms with Gasteiger partial charge in [0, 0.05) is 75.3 Å². The van der Waals surface area contributed by atoms with Crippen molar-refractivity contribution in [1.82, 2.24) is 14.9 Å². The molecular formula is C33H43N7O4. The third-order valence-corrected chi connectivity index (χ3v) is 7.76. The largest absolute Gasteiger partial charge is 0.496 e. The molecule has 0 spiro atoms. The van der Waals surface area contributed by atoms with Gasteiger partial charge in [0.1, 0.15) is 23.0 Å². The van der Waals surface area contributed by atoms with E-state index in [2.05, 4.69) is 36.6 Å². The average Bonchev–Trinajstić information content (AvgIpc) is 3.03. The molecule has 44 heavy (non-hydrogen) atoms. The van der Waals surface area contributed by atoms with E-state index in [1.807, 2.05) is 45.4 Å². The van der Waals surface area contributed by atoms with Crippen molar-refractivity contribution in [3.05, 3.63) is 77.9 Å². The van der Waals surface area contributed by atoms with E-state index in [-0.39, 0.29) is 29.8 Å². The number of ether oxygens (including phenoxy) is 2. The van der Waals surface area contributed by atoms with Crippen molar-refractivity contribution in [3.8, 4) is 11.5 Å². The van der Waals surface area contributed by atoms with Crippen LogP contribution in [-0.2, 0) is 11.2 Å². The van der Waals surface area contributed by atoms with Gasteiger partial charge in [-0.05, 0) is 57.3 Å². The fourth-order valence-electron chi connectivity index (χ4n) is 5.15. The van der Waals surface area contributed by atoms with Gasteiger partial charge in [-0.15, -0.1) is 0 Å². The minimum Gasteiger partial charge on any atom is -0.496 e. The number of methoxy groups -OCH3 is 2. The fraction of sp³-hybridized carbons (Fsp3) is 0.394. The van der Waals surface area contributed by atoms with Gasteiger partial charge >= 0.3 is 0 Å². The molecule has 0 atom stereocenters. The van der Waals surface area contributed by atoms with Crippen molar-refractivity contribution in [2.75, 3.05) is 76.7 Å². The van der Waals surface area contributed by atoms with Crippen LogP contribution in [0.25, 0.3) is 0 Å². The second-order valence-electron chi connectivity index (χ2n) is 11.2. The molecule has 0 saturated carbocycles. The molecule has 234 valence electrons. The van der Waals surface area contributed by atoms with Gasteiger partial charge in [0.05, 0.1) is 31.2 Å². The summed E-state index contributed by atoms with van der Waals surface area (Å²) in [6.45, 7) is 6.87. The van der Waals surface area contributed by atoms with Crippen LogP contribution >= 0.6 is 0 Å². The maximum absolute atomic E-state index is 13.6. The molecule has 0 aliphatic carbocycles. The third kappa shape index (κ3) is 7.91. The lowest BCUT2D eigenvalue weighted by Gasteiger charge is -2.32. The monoisotopic (exact) mass is 601 g/mol. The summed E-state index contributed by atoms with van der Waals surface area (Å²) in [5.41, 5.74) is 9.91. The lowest BCUT2D eigenvalue weighted by atomic mass is 10.0. The summed E-state index contributed by atoms with van der Waals surface area (Å²) in [4.78, 5) is 41.4. The minimum absolute atomic E-state index is 0.228. The van der Waals surface area contributed by atoms with E-state index >= 15 is 0 Å². The number of nitrogens with one attached hydrogen (secondary N) is 1. The summed E-state index contributed by atoms with van der Waals surface area (Å²) >= 11 is 0. The Hall–Kier alpha value is -4.48. The van der Waals surface area contributed by atoms with Crippen LogP contribution in [0.5, 0.6) is 11.5 Å². The molecule has 11 nitrogen and oxygen atoms in total. The minimum atomic E-state index is -0.323. The average molecular weight is 602 g/mol. The number of carbonyl (C=O) groups is 2. The molecular weight excluding hydrogens is 558 g/mol. The normalized spacial score (nSPS) is 13.5. The highest BCUT2D eigenvalue weighted by Crippen LogP contribution is 2.35. The Morgan fingerprint density at radius 3 is 2.45 bits per heavy atom. The van der Waals surface area contributed by atoms with Gasteiger partial charge < -0.3 is 35.2 Å². The Labute approximate surface area is 259 Å². The Morgan fingerprint density at radius 2 is 1.80 bits per heavy atom. The summed E-state index contributed by atoms with van der Waals surface area (Å²) < 4.78 is 11.4. The van der Waals surface area contributed by atoms with E-state index in [0.29, 0.717) is 28.6 Å². The molecule has 3 aromatic rings. The van der Waals surface area contributed by atoms with Crippen molar-refractivity contribution in [2.45, 2.75) is 25.3 Å². The molecule has 1 fully saturated rings. The molecule has 11 heteroatoms. The number of hydrogen-bond donors (Lipinski definition) is 2. The maximum atomic E-state index is 13.6. The predicted octanol–water partition coefficient (Wildman–Crippen LogP) is 3.37. The zero-order valence-corrected chi connectivity index (χ0v) is 26.3. The zero-order valence-electron chi connectivity index (χ0n) is 26.3. The molecule has 2 aromatic carbocycles. The lowest BCUT2D eigenvalue weighted by Crippen LogP contribution is -2.39. The molecule has 0 radical (unpaired) electrons. The molecule has 1 aliphatic heterocycles. The number of benzene rings is 2. The number of nitrogens with two attached hydrogens (primary N) is 1. The van der Waals surface area contributed by atoms with Gasteiger partial charge in [-0.3, -0.25) is 9.59 Å². The molecule has 1 aliphatic rings. The van der Waals surface area contributed by atoms with E-state index in [1.54, 1.807) is 32.5 Å². The molecule has 1 amide bonds. The van der Waals surface area contributed by atoms with E-state index in [1.165, 1.54) is 6.08 Å². The Bertz CT molecular complexity index is 1480. The predicted molar refractivity (Wildman–Crippen MR) is 174 cm³/mol. The van der Waals surface area contributed by atoms with Crippen LogP contribution in [0.1, 0.15) is 40.3 Å². The first-order chi connectivity index (χ1) is 21.1. The van der Waals surface area contributed by atoms with Crippen molar-refractivity contribution in [3.63, 3.8) is 0 Å². The van der Waals surface area contributed by atoms with E-state index in [4.69, 9.17) is 15.2 Å². The smallest absolute Gasteiger partial charge is 0.247 e. The molecule has 2 heterocycles. The number of amides is 1. The summed E-state index contributed by atoms with van der Waals surface area (Å²) in [5.74, 6) is 0.951. The van der Waals surface area contributed by atoms with Gasteiger partial charge in [-0.25, -0.2) is 9.97 Å². The van der Waals surface area contributed by atoms with Gasteiger partial charge in [-0.1, -0.05) is 6.58 Å². The van der Waals surface area contributed by atoms with E-state index in [9.17, 15) is 9.59 Å². The molecule has 0 bridgehead atoms. The van der Waals surface area contributed by atoms with Crippen LogP contribution in [0.15, 0.2) is 55.3 Å². The van der Waals surface area contributed by atoms with Crippen molar-refractivity contribution in [1.29, 1.82) is 0 Å². The first-order valence-corrected chi connectivity index (χ1v) is 14.7. The SMILES string of the molecule is C=CC(=O)Nc1cc(Cc2nccc(C(=O)c3ccc(N4CCC(N)CC4)cc3OC)n2)c(OC)cc1N(C)CCN(C)C. The highest BCUT2D eigenvalue weighted by atomic mass is 16.5. The van der Waals surface area contributed by atoms with Crippen LogP contribution in [0, 0.1) is 0 Å². The molecule has 0 unspecified atom stereocenters. The van der Waals surface area contributed by atoms with E-state index < -0.39 is 0 Å². The standard InChI is InChI=1S/C33H43N7O4/c1-7-32(41)37-27-18-22(29(43-5)21-28(27)39(4)17-16-38(2)3)19-31-35-13-10-26(36-31)33(42)25-9-8-24(20-30(25)44-6)40-14-11-23(34)12-15-40/h7-10,13,18,20-21,23H,1,11-12,14-17,19,34H2,2-6H3,(H,37,41). The number of piperidine rings is 1. The quantitative estimate of drug-likeness (QED) is 0.223. The first kappa shape index (κ1) is 32.4. The molecule has 3 N–H and O–H groups in total. The number of carbonyl (C=O) groups excluding carboxylic acids is 2. The zero-order chi connectivity index (χ0) is 31.8. The van der Waals surface area contributed by atoms with Gasteiger partial charge in [0.25, 0.3) is 0 Å². The van der Waals surface area contributed by atoms with Crippen molar-refractivity contribution < 1.29 is 19.1 Å². The molecule has 1 aromatic heterocycles. The van der Waals surface area contributed by atoms with Crippen LogP contribution in [-0.4, -0.2) is 94.1 Å². The van der Waals surface area contributed by atoms with Crippen LogP contribution in [0.2, 0.25) is 0 Å². The number of hydrogen-bond acceptors (Lipinski definition) is 10. The number of anilines is 3. The summed E-state index contributed by atoms with van der Waals surface area (Å²) in [6, 6.07) is 11.2. The third-order valence-electron chi connectivity index (χ3n) is 7.76. The van der Waals surface area contributed by atoms with Gasteiger partial charge in [0.15, 0.2) is 0 Å². The summed E-state index contributed by atoms with van der Waals surface area (Å²) in [6.07, 6.45) is 4.93. The topological polar surface area (TPSA) is 126 Å². The van der Waals surface area contributed by atoms with Crippen molar-refractivity contribution in [2.24, 2.45) is 5.73 Å². The second-order valence-corrected chi connectivity index (χ2v) is 11.2. The number of likely N-dealkylation sites (N-methyl/N-ethyl adjacent to an activating group) is 2. The maximum Gasteiger partial charge on any atom is 0.247 e. The Balaban J connectivity index is 1.61. The lowest BCUT2D eigenvalue weighted by molar-refractivity contribution is -0.111. The van der Waals surface area contributed by atoms with Gasteiger partial charge in [0.2, 0.25) is 11.7 Å². The highest BCUT2D eigenvalue weighted by Gasteiger charge is 2.22. The highest BCUT2D eigenvalue weighted by molar-refractivity contribution is 6.09. The molecule has 1 saturated heterocycles. The number of rotatable bonds is 13. The van der Waals surface area contributed by atoms with Crippen molar-refractivity contribution >= 4 is 28.8 Å². The Kier molecular flexibility index (Phi) is 10.9. The van der Waals surface area contributed by atoms with E-state index in [0.717, 1.165) is 56.0 Å². The Morgan fingerprint density at radius 1 is 1.07 bits per heavy atom.